The van der Waals surface area contributed by atoms with Crippen LogP contribution in [0.3, 0.4) is 0 Å². The van der Waals surface area contributed by atoms with Gasteiger partial charge in [0, 0.05) is 24.8 Å². The maximum absolute atomic E-state index is 12.3. The lowest BCUT2D eigenvalue weighted by atomic mass is 9.91. The van der Waals surface area contributed by atoms with Gasteiger partial charge in [-0.25, -0.2) is 14.8 Å². The molecule has 162 valence electrons. The molecule has 0 saturated heterocycles. The van der Waals surface area contributed by atoms with Crippen LogP contribution in [0, 0.1) is 6.92 Å². The lowest BCUT2D eigenvalue weighted by Gasteiger charge is -2.29. The van der Waals surface area contributed by atoms with Gasteiger partial charge in [-0.15, -0.1) is 0 Å². The van der Waals surface area contributed by atoms with Gasteiger partial charge < -0.3 is 21.7 Å². The fourth-order valence-electron chi connectivity index (χ4n) is 3.86. The predicted octanol–water partition coefficient (Wildman–Crippen LogP) is 2.98. The molecule has 2 amide bonds. The second-order valence-corrected chi connectivity index (χ2v) is 7.91. The van der Waals surface area contributed by atoms with E-state index < -0.39 is 0 Å². The summed E-state index contributed by atoms with van der Waals surface area (Å²) in [4.78, 5) is 21.2. The minimum Gasteiger partial charge on any atom is -0.384 e. The highest BCUT2D eigenvalue weighted by Crippen LogP contribution is 2.24. The minimum atomic E-state index is -0.117. The molecule has 1 aromatic carbocycles. The molecule has 1 fully saturated rings. The van der Waals surface area contributed by atoms with Crippen molar-refractivity contribution in [1.82, 2.24) is 30.8 Å². The van der Waals surface area contributed by atoms with Gasteiger partial charge in [-0.3, -0.25) is 5.10 Å². The number of hydrogen-bond acceptors (Lipinski definition) is 6. The zero-order valence-electron chi connectivity index (χ0n) is 17.6. The lowest BCUT2D eigenvalue weighted by Crippen LogP contribution is -2.44. The van der Waals surface area contributed by atoms with Gasteiger partial charge >= 0.3 is 6.03 Å². The Kier molecular flexibility index (Phi) is 6.30. The Morgan fingerprint density at radius 1 is 1.16 bits per heavy atom. The quantitative estimate of drug-likeness (QED) is 0.416. The first-order valence-corrected chi connectivity index (χ1v) is 10.6. The Balaban J connectivity index is 1.23. The molecule has 0 atom stereocenters. The van der Waals surface area contributed by atoms with Crippen LogP contribution in [-0.4, -0.2) is 38.3 Å². The number of aromatic amines is 1. The van der Waals surface area contributed by atoms with Crippen molar-refractivity contribution < 1.29 is 4.79 Å². The minimum absolute atomic E-state index is 0.117. The number of nitrogen functional groups attached to an aromatic ring is 1. The van der Waals surface area contributed by atoms with Crippen LogP contribution in [0.1, 0.15) is 36.8 Å². The molecule has 2 heterocycles. The first-order valence-electron chi connectivity index (χ1n) is 10.6. The molecule has 4 rings (SSSR count). The number of benzene rings is 1. The number of rotatable bonds is 6. The summed E-state index contributed by atoms with van der Waals surface area (Å²) >= 11 is 0. The highest BCUT2D eigenvalue weighted by atomic mass is 16.2. The number of nitrogens with zero attached hydrogens (tertiary/aromatic N) is 3. The van der Waals surface area contributed by atoms with E-state index in [1.807, 2.05) is 37.3 Å². The Labute approximate surface area is 181 Å². The molecule has 3 aromatic rings. The molecule has 6 N–H and O–H groups in total. The summed E-state index contributed by atoms with van der Waals surface area (Å²) in [7, 11) is 0. The van der Waals surface area contributed by atoms with Crippen LogP contribution in [0.25, 0.3) is 11.3 Å². The number of aromatic nitrogens is 4. The summed E-state index contributed by atoms with van der Waals surface area (Å²) in [6.45, 7) is 2.58. The first-order chi connectivity index (χ1) is 15.1. The molecule has 9 nitrogen and oxygen atoms in total. The van der Waals surface area contributed by atoms with E-state index in [0.29, 0.717) is 18.3 Å². The van der Waals surface area contributed by atoms with Gasteiger partial charge in [-0.1, -0.05) is 24.3 Å². The van der Waals surface area contributed by atoms with E-state index in [9.17, 15) is 4.79 Å². The van der Waals surface area contributed by atoms with Crippen molar-refractivity contribution >= 4 is 17.8 Å². The van der Waals surface area contributed by atoms with Crippen LogP contribution < -0.4 is 21.7 Å². The fraction of sp³-hybridized carbons (Fsp3) is 0.364. The number of amides is 2. The van der Waals surface area contributed by atoms with Crippen molar-refractivity contribution in [3.63, 3.8) is 0 Å². The van der Waals surface area contributed by atoms with Gasteiger partial charge in [0.25, 0.3) is 0 Å². The van der Waals surface area contributed by atoms with Crippen LogP contribution in [0.5, 0.6) is 0 Å². The van der Waals surface area contributed by atoms with E-state index in [1.54, 1.807) is 12.4 Å². The second-order valence-electron chi connectivity index (χ2n) is 7.91. The molecule has 1 aliphatic rings. The van der Waals surface area contributed by atoms with Crippen LogP contribution in [0.2, 0.25) is 0 Å². The zero-order chi connectivity index (χ0) is 21.6. The monoisotopic (exact) mass is 420 g/mol. The van der Waals surface area contributed by atoms with E-state index in [4.69, 9.17) is 5.73 Å². The van der Waals surface area contributed by atoms with Gasteiger partial charge in [0.2, 0.25) is 5.95 Å². The Morgan fingerprint density at radius 2 is 1.94 bits per heavy atom. The van der Waals surface area contributed by atoms with Gasteiger partial charge in [0.15, 0.2) is 0 Å². The van der Waals surface area contributed by atoms with Crippen molar-refractivity contribution in [1.29, 1.82) is 0 Å². The molecule has 0 unspecified atom stereocenters. The molecule has 1 saturated carbocycles. The number of nitrogens with one attached hydrogen (secondary N) is 4. The maximum Gasteiger partial charge on any atom is 0.315 e. The van der Waals surface area contributed by atoms with Gasteiger partial charge in [-0.05, 0) is 49.8 Å². The Bertz CT molecular complexity index is 1030. The molecular formula is C22H28N8O. The number of hydrogen-bond donors (Lipinski definition) is 5. The summed E-state index contributed by atoms with van der Waals surface area (Å²) in [6.07, 6.45) is 7.05. The van der Waals surface area contributed by atoms with E-state index in [-0.39, 0.29) is 18.1 Å². The number of H-pyrrole nitrogens is 1. The Morgan fingerprint density at radius 3 is 2.68 bits per heavy atom. The maximum atomic E-state index is 12.3. The second kappa shape index (κ2) is 9.46. The summed E-state index contributed by atoms with van der Waals surface area (Å²) in [5.74, 6) is 1.06. The van der Waals surface area contributed by atoms with Crippen molar-refractivity contribution in [3.05, 3.63) is 53.9 Å². The van der Waals surface area contributed by atoms with Crippen molar-refractivity contribution in [2.75, 3.05) is 11.1 Å². The zero-order valence-corrected chi connectivity index (χ0v) is 17.6. The standard InChI is InChI=1S/C22H28N8O/c1-14-4-2-3-5-15(14)12-25-22(31)28-17-8-6-16(7-9-17)27-21-24-11-10-19(29-21)18-13-26-30-20(18)23/h2-5,10-11,13,16-17H,6-9,12H2,1H3,(H3,23,26,30)(H,24,27,29)(H2,25,28,31)/t16-,17-. The number of carbonyl (C=O) groups excluding carboxylic acids is 1. The van der Waals surface area contributed by atoms with Crippen LogP contribution >= 0.6 is 0 Å². The van der Waals surface area contributed by atoms with Crippen LogP contribution in [-0.2, 0) is 6.54 Å². The molecule has 0 spiro atoms. The average Bonchev–Trinajstić information content (AvgIpc) is 3.21. The molecule has 0 radical (unpaired) electrons. The predicted molar refractivity (Wildman–Crippen MR) is 120 cm³/mol. The summed E-state index contributed by atoms with van der Waals surface area (Å²) in [6, 6.07) is 10.2. The van der Waals surface area contributed by atoms with Gasteiger partial charge in [0.1, 0.15) is 5.82 Å². The van der Waals surface area contributed by atoms with E-state index in [0.717, 1.165) is 42.5 Å². The summed E-state index contributed by atoms with van der Waals surface area (Å²) in [5, 5.41) is 16.1. The summed E-state index contributed by atoms with van der Waals surface area (Å²) in [5.41, 5.74) is 9.68. The molecule has 9 heteroatoms. The highest BCUT2D eigenvalue weighted by molar-refractivity contribution is 5.74. The first kappa shape index (κ1) is 20.6. The molecule has 2 aromatic heterocycles. The molecule has 0 bridgehead atoms. The third-order valence-electron chi connectivity index (χ3n) is 5.70. The molecule has 1 aliphatic carbocycles. The van der Waals surface area contributed by atoms with Crippen molar-refractivity contribution in [2.24, 2.45) is 0 Å². The van der Waals surface area contributed by atoms with Crippen LogP contribution in [0.4, 0.5) is 16.6 Å². The topological polar surface area (TPSA) is 134 Å². The fourth-order valence-corrected chi connectivity index (χ4v) is 3.86. The van der Waals surface area contributed by atoms with Crippen LogP contribution in [0.15, 0.2) is 42.7 Å². The number of aryl methyl sites for hydroxylation is 1. The van der Waals surface area contributed by atoms with E-state index in [1.165, 1.54) is 5.56 Å². The number of nitrogens with two attached hydrogens (primary N) is 1. The summed E-state index contributed by atoms with van der Waals surface area (Å²) < 4.78 is 0. The van der Waals surface area contributed by atoms with E-state index in [2.05, 4.69) is 36.1 Å². The largest absolute Gasteiger partial charge is 0.384 e. The van der Waals surface area contributed by atoms with Gasteiger partial charge in [-0.2, -0.15) is 5.10 Å². The van der Waals surface area contributed by atoms with Crippen molar-refractivity contribution in [3.8, 4) is 11.3 Å². The molecular weight excluding hydrogens is 392 g/mol. The number of carbonyl (C=O) groups is 1. The smallest absolute Gasteiger partial charge is 0.315 e. The molecule has 0 aliphatic heterocycles. The van der Waals surface area contributed by atoms with Crippen molar-refractivity contribution in [2.45, 2.75) is 51.2 Å². The average molecular weight is 421 g/mol. The number of urea groups is 1. The SMILES string of the molecule is Cc1ccccc1CNC(=O)N[C@H]1CC[C@H](Nc2nccc(-c3cn[nH]c3N)n2)CC1. The third-order valence-corrected chi connectivity index (χ3v) is 5.70. The lowest BCUT2D eigenvalue weighted by molar-refractivity contribution is 0.231. The normalized spacial score (nSPS) is 18.4. The van der Waals surface area contributed by atoms with Gasteiger partial charge in [0.05, 0.1) is 17.5 Å². The third kappa shape index (κ3) is 5.30. The Hall–Kier alpha value is -3.62. The molecule has 31 heavy (non-hydrogen) atoms. The van der Waals surface area contributed by atoms with E-state index >= 15 is 0 Å². The highest BCUT2D eigenvalue weighted by Gasteiger charge is 2.23. The number of anilines is 2.